The first kappa shape index (κ1) is 22.7. The summed E-state index contributed by atoms with van der Waals surface area (Å²) in [5.41, 5.74) is 2.29. The third-order valence-electron chi connectivity index (χ3n) is 5.34. The lowest BCUT2D eigenvalue weighted by molar-refractivity contribution is -0.113. The number of carbonyl (C=O) groups is 1. The minimum Gasteiger partial charge on any atom is -0.508 e. The van der Waals surface area contributed by atoms with Crippen molar-refractivity contribution in [1.29, 1.82) is 0 Å². The molecule has 1 N–H and O–H groups in total. The maximum Gasteiger partial charge on any atom is 0.274 e. The number of fused-ring (bicyclic) bond motifs is 1. The number of amidine groups is 1. The van der Waals surface area contributed by atoms with Crippen LogP contribution in [-0.2, 0) is 4.79 Å². The summed E-state index contributed by atoms with van der Waals surface area (Å²) in [6, 6.07) is 19.6. The lowest BCUT2D eigenvalue weighted by Gasteiger charge is -2.19. The van der Waals surface area contributed by atoms with Gasteiger partial charge in [-0.3, -0.25) is 9.69 Å². The van der Waals surface area contributed by atoms with Gasteiger partial charge in [-0.15, -0.1) is 0 Å². The Kier molecular flexibility index (Phi) is 6.20. The fourth-order valence-electron chi connectivity index (χ4n) is 3.74. The second-order valence-corrected chi connectivity index (χ2v) is 9.89. The molecular formula is C25H20ClN3O3S2. The number of ether oxygens (including phenoxy) is 1. The molecule has 9 heteroatoms. The molecule has 0 aliphatic carbocycles. The highest BCUT2D eigenvalue weighted by atomic mass is 35.5. The summed E-state index contributed by atoms with van der Waals surface area (Å²) in [7, 11) is 1.64. The van der Waals surface area contributed by atoms with Crippen LogP contribution in [0.25, 0.3) is 0 Å². The van der Waals surface area contributed by atoms with Gasteiger partial charge in [0.1, 0.15) is 21.4 Å². The van der Waals surface area contributed by atoms with Gasteiger partial charge in [-0.05, 0) is 73.3 Å². The van der Waals surface area contributed by atoms with Crippen LogP contribution in [0.5, 0.6) is 11.5 Å². The minimum absolute atomic E-state index is 0.128. The van der Waals surface area contributed by atoms with Crippen LogP contribution in [0, 0.1) is 0 Å². The molecule has 0 unspecified atom stereocenters. The van der Waals surface area contributed by atoms with Gasteiger partial charge in [-0.1, -0.05) is 29.4 Å². The Morgan fingerprint density at radius 3 is 2.56 bits per heavy atom. The van der Waals surface area contributed by atoms with Crippen LogP contribution in [0.1, 0.15) is 6.92 Å². The number of amides is 1. The van der Waals surface area contributed by atoms with Gasteiger partial charge < -0.3 is 14.7 Å². The highest BCUT2D eigenvalue weighted by Crippen LogP contribution is 2.52. The number of nitrogens with zero attached hydrogens (tertiary/aromatic N) is 3. The van der Waals surface area contributed by atoms with Crippen LogP contribution < -0.4 is 14.5 Å². The highest BCUT2D eigenvalue weighted by molar-refractivity contribution is 8.20. The number of hydrogen-bond acceptors (Lipinski definition) is 7. The second kappa shape index (κ2) is 9.29. The van der Waals surface area contributed by atoms with Gasteiger partial charge in [0.2, 0.25) is 0 Å². The molecule has 0 radical (unpaired) electrons. The number of phenolic OH excluding ortho intramolecular Hbond substituents is 1. The number of carbonyl (C=O) groups excluding carboxylic acids is 1. The van der Waals surface area contributed by atoms with Gasteiger partial charge in [0.05, 0.1) is 24.2 Å². The Hall–Kier alpha value is -3.07. The molecule has 1 fully saturated rings. The normalized spacial score (nSPS) is 18.7. The summed E-state index contributed by atoms with van der Waals surface area (Å²) in [5.74, 6) is 0.725. The first-order valence-electron chi connectivity index (χ1n) is 10.5. The first-order chi connectivity index (χ1) is 16.5. The van der Waals surface area contributed by atoms with E-state index in [1.165, 1.54) is 11.8 Å². The summed E-state index contributed by atoms with van der Waals surface area (Å²) in [6.07, 6.45) is 0. The number of halogens is 1. The van der Waals surface area contributed by atoms with Gasteiger partial charge in [0.25, 0.3) is 5.91 Å². The van der Waals surface area contributed by atoms with Crippen LogP contribution in [0.15, 0.2) is 86.6 Å². The summed E-state index contributed by atoms with van der Waals surface area (Å²) in [6.45, 7) is 2.75. The van der Waals surface area contributed by atoms with Gasteiger partial charge in [-0.25, -0.2) is 4.99 Å². The molecule has 0 atom stereocenters. The van der Waals surface area contributed by atoms with Crippen LogP contribution in [0.4, 0.5) is 17.1 Å². The van der Waals surface area contributed by atoms with E-state index in [1.807, 2.05) is 30.3 Å². The van der Waals surface area contributed by atoms with Crippen molar-refractivity contribution in [3.05, 3.63) is 81.7 Å². The van der Waals surface area contributed by atoms with Crippen molar-refractivity contribution in [3.63, 3.8) is 0 Å². The lowest BCUT2D eigenvalue weighted by atomic mass is 10.2. The second-order valence-electron chi connectivity index (χ2n) is 7.45. The zero-order valence-electron chi connectivity index (χ0n) is 18.4. The fraction of sp³-hybridized carbons (Fsp3) is 0.120. The quantitative estimate of drug-likeness (QED) is 0.398. The van der Waals surface area contributed by atoms with Crippen LogP contribution in [-0.4, -0.2) is 29.8 Å². The predicted octanol–water partition coefficient (Wildman–Crippen LogP) is 6.62. The van der Waals surface area contributed by atoms with Crippen molar-refractivity contribution in [1.82, 2.24) is 0 Å². The molecule has 0 aromatic heterocycles. The molecule has 3 aromatic rings. The maximum atomic E-state index is 13.8. The fourth-order valence-corrected chi connectivity index (χ4v) is 6.29. The van der Waals surface area contributed by atoms with E-state index in [0.29, 0.717) is 33.0 Å². The standard InChI is InChI=1S/C25H20ClN3O3S2/c1-3-28-20-14-19(32-2)11-12-21(20)33-24(28)22-23(31)29(17-7-9-18(30)10-8-17)25(34-22)27-16-6-4-5-15(26)13-16/h4-14,30H,3H2,1-2H3. The van der Waals surface area contributed by atoms with E-state index in [1.54, 1.807) is 60.2 Å². The molecule has 5 rings (SSSR count). The summed E-state index contributed by atoms with van der Waals surface area (Å²) >= 11 is 9.06. The average Bonchev–Trinajstić information content (AvgIpc) is 3.36. The zero-order valence-corrected chi connectivity index (χ0v) is 20.7. The number of methoxy groups -OCH3 is 1. The third kappa shape index (κ3) is 4.13. The van der Waals surface area contributed by atoms with E-state index in [2.05, 4.69) is 11.8 Å². The Bertz CT molecular complexity index is 1340. The summed E-state index contributed by atoms with van der Waals surface area (Å²) in [4.78, 5) is 23.9. The molecule has 3 aromatic carbocycles. The molecule has 172 valence electrons. The van der Waals surface area contributed by atoms with Gasteiger partial charge in [0.15, 0.2) is 5.17 Å². The summed E-state index contributed by atoms with van der Waals surface area (Å²) < 4.78 is 5.41. The Morgan fingerprint density at radius 2 is 1.85 bits per heavy atom. The smallest absolute Gasteiger partial charge is 0.274 e. The van der Waals surface area contributed by atoms with Gasteiger partial charge in [0, 0.05) is 22.5 Å². The number of benzene rings is 3. The van der Waals surface area contributed by atoms with Crippen LogP contribution >= 0.6 is 35.1 Å². The number of aromatic hydroxyl groups is 1. The van der Waals surface area contributed by atoms with Crippen molar-refractivity contribution < 1.29 is 14.6 Å². The van der Waals surface area contributed by atoms with Crippen molar-refractivity contribution in [2.45, 2.75) is 11.8 Å². The lowest BCUT2D eigenvalue weighted by Crippen LogP contribution is -2.29. The molecule has 0 bridgehead atoms. The number of rotatable bonds is 4. The molecule has 1 amide bonds. The summed E-state index contributed by atoms with van der Waals surface area (Å²) in [5, 5.41) is 11.7. The van der Waals surface area contributed by atoms with Crippen molar-refractivity contribution in [2.75, 3.05) is 23.5 Å². The van der Waals surface area contributed by atoms with Crippen molar-refractivity contribution >= 4 is 63.3 Å². The minimum atomic E-state index is -0.169. The molecule has 0 saturated carbocycles. The van der Waals surface area contributed by atoms with E-state index < -0.39 is 0 Å². The van der Waals surface area contributed by atoms with Crippen LogP contribution in [0.3, 0.4) is 0 Å². The molecule has 2 aliphatic rings. The van der Waals surface area contributed by atoms with Crippen molar-refractivity contribution in [3.8, 4) is 11.5 Å². The van der Waals surface area contributed by atoms with E-state index in [0.717, 1.165) is 21.4 Å². The average molecular weight is 510 g/mol. The molecule has 2 aliphatic heterocycles. The number of hydrogen-bond donors (Lipinski definition) is 1. The molecule has 6 nitrogen and oxygen atoms in total. The molecule has 2 heterocycles. The predicted molar refractivity (Wildman–Crippen MR) is 141 cm³/mol. The van der Waals surface area contributed by atoms with E-state index in [9.17, 15) is 9.90 Å². The molecule has 0 spiro atoms. The number of thioether (sulfide) groups is 2. The molecular weight excluding hydrogens is 490 g/mol. The Morgan fingerprint density at radius 1 is 1.06 bits per heavy atom. The van der Waals surface area contributed by atoms with Crippen LogP contribution in [0.2, 0.25) is 5.02 Å². The van der Waals surface area contributed by atoms with E-state index in [4.69, 9.17) is 21.3 Å². The highest BCUT2D eigenvalue weighted by Gasteiger charge is 2.40. The molecule has 1 saturated heterocycles. The third-order valence-corrected chi connectivity index (χ3v) is 7.92. The monoisotopic (exact) mass is 509 g/mol. The number of anilines is 2. The van der Waals surface area contributed by atoms with Crippen molar-refractivity contribution in [2.24, 2.45) is 4.99 Å². The topological polar surface area (TPSA) is 65.4 Å². The van der Waals surface area contributed by atoms with E-state index >= 15 is 0 Å². The first-order valence-corrected chi connectivity index (χ1v) is 12.5. The Balaban J connectivity index is 1.62. The molecule has 34 heavy (non-hydrogen) atoms. The van der Waals surface area contributed by atoms with E-state index in [-0.39, 0.29) is 11.7 Å². The number of phenols is 1. The zero-order chi connectivity index (χ0) is 23.8. The Labute approximate surface area is 210 Å². The van der Waals surface area contributed by atoms with Gasteiger partial charge in [-0.2, -0.15) is 0 Å². The van der Waals surface area contributed by atoms with Gasteiger partial charge >= 0.3 is 0 Å². The maximum absolute atomic E-state index is 13.8. The number of aliphatic imine (C=N–C) groups is 1. The SMILES string of the molecule is CCN1C(=C2SC(=Nc3cccc(Cl)c3)N(c3ccc(O)cc3)C2=O)Sc2ccc(OC)cc21. The largest absolute Gasteiger partial charge is 0.508 e.